The molecule has 0 unspecified atom stereocenters. The Hall–Kier alpha value is -2.45. The van der Waals surface area contributed by atoms with E-state index in [0.29, 0.717) is 36.8 Å². The molecule has 0 bridgehead atoms. The van der Waals surface area contributed by atoms with Gasteiger partial charge in [0.1, 0.15) is 5.82 Å². The third-order valence-electron chi connectivity index (χ3n) is 3.61. The first-order chi connectivity index (χ1) is 12.2. The number of rotatable bonds is 8. The van der Waals surface area contributed by atoms with E-state index < -0.39 is 10.0 Å². The van der Waals surface area contributed by atoms with Crippen LogP contribution in [0.25, 0.3) is 0 Å². The fourth-order valence-corrected chi connectivity index (χ4v) is 2.85. The number of amides is 1. The van der Waals surface area contributed by atoms with E-state index in [2.05, 4.69) is 15.6 Å². The van der Waals surface area contributed by atoms with Crippen molar-refractivity contribution in [1.29, 1.82) is 0 Å². The van der Waals surface area contributed by atoms with Gasteiger partial charge in [0.15, 0.2) is 0 Å². The molecule has 8 heteroatoms. The van der Waals surface area contributed by atoms with Crippen molar-refractivity contribution >= 4 is 27.4 Å². The van der Waals surface area contributed by atoms with Gasteiger partial charge in [0.25, 0.3) is 0 Å². The molecule has 2 rings (SSSR count). The van der Waals surface area contributed by atoms with Crippen LogP contribution in [-0.2, 0) is 21.2 Å². The molecule has 1 aromatic carbocycles. The monoisotopic (exact) mass is 376 g/mol. The number of nitrogens with zero attached hydrogens (tertiary/aromatic N) is 1. The summed E-state index contributed by atoms with van der Waals surface area (Å²) in [5.74, 6) is 0.987. The summed E-state index contributed by atoms with van der Waals surface area (Å²) in [4.78, 5) is 16.1. The predicted octanol–water partition coefficient (Wildman–Crippen LogP) is 2.37. The van der Waals surface area contributed by atoms with Gasteiger partial charge in [0, 0.05) is 13.0 Å². The number of nitrogens with two attached hydrogens (primary N) is 1. The summed E-state index contributed by atoms with van der Waals surface area (Å²) in [5, 5.41) is 11.1. The summed E-state index contributed by atoms with van der Waals surface area (Å²) >= 11 is 0. The van der Waals surface area contributed by atoms with E-state index >= 15 is 0 Å². The Morgan fingerprint density at radius 2 is 1.85 bits per heavy atom. The number of pyridine rings is 1. The Morgan fingerprint density at radius 3 is 2.38 bits per heavy atom. The van der Waals surface area contributed by atoms with Crippen molar-refractivity contribution in [3.05, 3.63) is 48.2 Å². The van der Waals surface area contributed by atoms with Crippen LogP contribution in [0.2, 0.25) is 0 Å². The van der Waals surface area contributed by atoms with Gasteiger partial charge in [0.2, 0.25) is 15.9 Å². The summed E-state index contributed by atoms with van der Waals surface area (Å²) in [5.41, 5.74) is 1.65. The molecule has 26 heavy (non-hydrogen) atoms. The minimum Gasteiger partial charge on any atom is -0.370 e. The summed E-state index contributed by atoms with van der Waals surface area (Å²) in [6.07, 6.45) is 2.80. The number of carbonyl (C=O) groups is 1. The van der Waals surface area contributed by atoms with Crippen LogP contribution in [0.15, 0.2) is 47.5 Å². The fourth-order valence-electron chi connectivity index (χ4n) is 2.34. The summed E-state index contributed by atoms with van der Waals surface area (Å²) < 4.78 is 22.4. The lowest BCUT2D eigenvalue weighted by Gasteiger charge is -2.09. The molecule has 0 saturated heterocycles. The number of primary sulfonamides is 1. The van der Waals surface area contributed by atoms with Crippen LogP contribution < -0.4 is 15.8 Å². The Labute approximate surface area is 154 Å². The van der Waals surface area contributed by atoms with Gasteiger partial charge in [-0.15, -0.1) is 0 Å². The van der Waals surface area contributed by atoms with Crippen molar-refractivity contribution in [2.75, 3.05) is 17.2 Å². The summed E-state index contributed by atoms with van der Waals surface area (Å²) in [6.45, 7) is 4.63. The van der Waals surface area contributed by atoms with E-state index in [9.17, 15) is 13.2 Å². The van der Waals surface area contributed by atoms with Crippen LogP contribution in [0.5, 0.6) is 0 Å². The molecule has 0 fully saturated rings. The van der Waals surface area contributed by atoms with Gasteiger partial charge in [0.05, 0.1) is 16.8 Å². The minimum absolute atomic E-state index is 0.0227. The van der Waals surface area contributed by atoms with Crippen molar-refractivity contribution in [2.45, 2.75) is 31.6 Å². The molecular formula is C18H24N4O3S. The van der Waals surface area contributed by atoms with Gasteiger partial charge in [-0.1, -0.05) is 26.0 Å². The van der Waals surface area contributed by atoms with Crippen LogP contribution >= 0.6 is 0 Å². The molecule has 4 N–H and O–H groups in total. The van der Waals surface area contributed by atoms with Crippen LogP contribution in [0, 0.1) is 5.92 Å². The van der Waals surface area contributed by atoms with E-state index in [1.165, 1.54) is 12.1 Å². The van der Waals surface area contributed by atoms with E-state index in [-0.39, 0.29) is 10.8 Å². The number of carbonyl (C=O) groups excluding carboxylic acids is 1. The Kier molecular flexibility index (Phi) is 6.70. The highest BCUT2D eigenvalue weighted by Crippen LogP contribution is 2.12. The van der Waals surface area contributed by atoms with Gasteiger partial charge < -0.3 is 10.6 Å². The normalized spacial score (nSPS) is 11.4. The van der Waals surface area contributed by atoms with Crippen LogP contribution in [0.3, 0.4) is 0 Å². The number of hydrogen-bond acceptors (Lipinski definition) is 5. The van der Waals surface area contributed by atoms with E-state index in [4.69, 9.17) is 5.14 Å². The molecule has 1 amide bonds. The van der Waals surface area contributed by atoms with E-state index in [0.717, 1.165) is 5.56 Å². The average Bonchev–Trinajstić information content (AvgIpc) is 2.55. The van der Waals surface area contributed by atoms with Gasteiger partial charge in [-0.25, -0.2) is 18.5 Å². The minimum atomic E-state index is -3.66. The molecule has 2 aromatic rings. The average molecular weight is 376 g/mol. The molecule has 0 aliphatic rings. The largest absolute Gasteiger partial charge is 0.370 e. The second-order valence-electron chi connectivity index (χ2n) is 6.44. The van der Waals surface area contributed by atoms with Crippen molar-refractivity contribution in [2.24, 2.45) is 11.1 Å². The molecule has 0 aliphatic heterocycles. The van der Waals surface area contributed by atoms with Crippen LogP contribution in [0.1, 0.15) is 25.8 Å². The Bertz CT molecular complexity index is 832. The topological polar surface area (TPSA) is 114 Å². The van der Waals surface area contributed by atoms with Gasteiger partial charge in [-0.3, -0.25) is 4.79 Å². The predicted molar refractivity (Wildman–Crippen MR) is 102 cm³/mol. The lowest BCUT2D eigenvalue weighted by Crippen LogP contribution is -2.14. The van der Waals surface area contributed by atoms with Crippen molar-refractivity contribution in [3.8, 4) is 0 Å². The first-order valence-electron chi connectivity index (χ1n) is 8.35. The van der Waals surface area contributed by atoms with Gasteiger partial charge in [-0.05, 0) is 42.2 Å². The highest BCUT2D eigenvalue weighted by molar-refractivity contribution is 7.89. The Balaban J connectivity index is 1.82. The summed E-state index contributed by atoms with van der Waals surface area (Å²) in [6, 6.07) is 10.1. The lowest BCUT2D eigenvalue weighted by atomic mass is 10.1. The van der Waals surface area contributed by atoms with Crippen molar-refractivity contribution < 1.29 is 13.2 Å². The second kappa shape index (κ2) is 8.77. The molecule has 0 atom stereocenters. The number of sulfonamides is 1. The first kappa shape index (κ1) is 19.9. The lowest BCUT2D eigenvalue weighted by molar-refractivity contribution is -0.116. The van der Waals surface area contributed by atoms with Crippen molar-refractivity contribution in [3.63, 3.8) is 0 Å². The van der Waals surface area contributed by atoms with E-state index in [1.807, 2.05) is 13.8 Å². The van der Waals surface area contributed by atoms with Gasteiger partial charge in [-0.2, -0.15) is 0 Å². The highest BCUT2D eigenvalue weighted by Gasteiger charge is 2.07. The maximum atomic E-state index is 11.7. The standard InChI is InChI=1S/C18H24N4O3S/c1-13(2)11-18(23)22-15-5-8-17(21-12-15)20-10-9-14-3-6-16(7-4-14)26(19,24)25/h3-8,12-13H,9-11H2,1-2H3,(H,20,21)(H,22,23)(H2,19,24,25). The third kappa shape index (κ3) is 6.45. The maximum Gasteiger partial charge on any atom is 0.238 e. The number of anilines is 2. The number of nitrogens with one attached hydrogen (secondary N) is 2. The molecular weight excluding hydrogens is 352 g/mol. The fraction of sp³-hybridized carbons (Fsp3) is 0.333. The van der Waals surface area contributed by atoms with Crippen LogP contribution in [0.4, 0.5) is 11.5 Å². The quantitative estimate of drug-likeness (QED) is 0.654. The smallest absolute Gasteiger partial charge is 0.238 e. The zero-order valence-corrected chi connectivity index (χ0v) is 15.7. The molecule has 7 nitrogen and oxygen atoms in total. The number of benzene rings is 1. The van der Waals surface area contributed by atoms with Crippen LogP contribution in [-0.4, -0.2) is 25.9 Å². The van der Waals surface area contributed by atoms with Crippen molar-refractivity contribution in [1.82, 2.24) is 4.98 Å². The SMILES string of the molecule is CC(C)CC(=O)Nc1ccc(NCCc2ccc(S(N)(=O)=O)cc2)nc1. The molecule has 0 spiro atoms. The summed E-state index contributed by atoms with van der Waals surface area (Å²) in [7, 11) is -3.66. The molecule has 0 radical (unpaired) electrons. The third-order valence-corrected chi connectivity index (χ3v) is 4.54. The molecule has 0 saturated carbocycles. The van der Waals surface area contributed by atoms with E-state index in [1.54, 1.807) is 30.5 Å². The number of hydrogen-bond donors (Lipinski definition) is 3. The zero-order chi connectivity index (χ0) is 19.2. The van der Waals surface area contributed by atoms with Gasteiger partial charge >= 0.3 is 0 Å². The Morgan fingerprint density at radius 1 is 1.15 bits per heavy atom. The second-order valence-corrected chi connectivity index (χ2v) is 8.01. The molecule has 1 aromatic heterocycles. The zero-order valence-electron chi connectivity index (χ0n) is 14.9. The number of aromatic nitrogens is 1. The highest BCUT2D eigenvalue weighted by atomic mass is 32.2. The molecule has 140 valence electrons. The molecule has 1 heterocycles. The molecule has 0 aliphatic carbocycles. The maximum absolute atomic E-state index is 11.7. The first-order valence-corrected chi connectivity index (χ1v) is 9.90.